The molecule has 26 heavy (non-hydrogen) atoms. The molecule has 0 aliphatic carbocycles. The van der Waals surface area contributed by atoms with Gasteiger partial charge < -0.3 is 16.0 Å². The van der Waals surface area contributed by atoms with Gasteiger partial charge in [-0.15, -0.1) is 0 Å². The number of benzene rings is 2. The second-order valence-corrected chi connectivity index (χ2v) is 7.22. The number of para-hydroxylation sites is 1. The minimum Gasteiger partial charge on any atom is -0.361 e. The van der Waals surface area contributed by atoms with Gasteiger partial charge in [0, 0.05) is 23.6 Å². The predicted octanol–water partition coefficient (Wildman–Crippen LogP) is 1.38. The van der Waals surface area contributed by atoms with Crippen LogP contribution in [0, 0.1) is 0 Å². The summed E-state index contributed by atoms with van der Waals surface area (Å²) in [6, 6.07) is 14.5. The van der Waals surface area contributed by atoms with E-state index in [1.54, 1.807) is 12.1 Å². The summed E-state index contributed by atoms with van der Waals surface area (Å²) in [5.74, 6) is -0.171. The SMILES string of the molecule is NC(Cc1c[nH]c2ccccc12)C(=O)NCCc1ccc(S(N)=O)cc1. The molecule has 0 saturated carbocycles. The fraction of sp³-hybridized carbons (Fsp3) is 0.211. The molecule has 0 bridgehead atoms. The van der Waals surface area contributed by atoms with Crippen LogP contribution in [0.4, 0.5) is 0 Å². The third kappa shape index (κ3) is 4.37. The largest absolute Gasteiger partial charge is 0.361 e. The van der Waals surface area contributed by atoms with Gasteiger partial charge in [0.1, 0.15) is 11.0 Å². The Balaban J connectivity index is 1.50. The van der Waals surface area contributed by atoms with Gasteiger partial charge in [0.2, 0.25) is 5.91 Å². The summed E-state index contributed by atoms with van der Waals surface area (Å²) in [6.45, 7) is 0.492. The number of carbonyl (C=O) groups excluding carboxylic acids is 1. The minimum atomic E-state index is -1.47. The van der Waals surface area contributed by atoms with Crippen LogP contribution in [0.15, 0.2) is 59.6 Å². The van der Waals surface area contributed by atoms with Gasteiger partial charge in [-0.05, 0) is 42.2 Å². The number of amides is 1. The Morgan fingerprint density at radius 1 is 1.15 bits per heavy atom. The Hall–Kier alpha value is -2.48. The van der Waals surface area contributed by atoms with Crippen LogP contribution >= 0.6 is 0 Å². The fourth-order valence-electron chi connectivity index (χ4n) is 2.88. The van der Waals surface area contributed by atoms with Crippen molar-refractivity contribution in [2.45, 2.75) is 23.8 Å². The third-order valence-electron chi connectivity index (χ3n) is 4.32. The molecule has 0 fully saturated rings. The first kappa shape index (κ1) is 18.3. The Bertz CT molecular complexity index is 921. The zero-order chi connectivity index (χ0) is 18.5. The molecule has 2 atom stereocenters. The molecule has 1 aromatic heterocycles. The average Bonchev–Trinajstić information content (AvgIpc) is 3.05. The second kappa shape index (κ2) is 8.27. The summed E-state index contributed by atoms with van der Waals surface area (Å²) in [7, 11) is -1.47. The van der Waals surface area contributed by atoms with Crippen LogP contribution in [0.25, 0.3) is 10.9 Å². The lowest BCUT2D eigenvalue weighted by atomic mass is 10.0. The highest BCUT2D eigenvalue weighted by Crippen LogP contribution is 2.18. The average molecular weight is 370 g/mol. The van der Waals surface area contributed by atoms with Gasteiger partial charge in [-0.2, -0.15) is 0 Å². The lowest BCUT2D eigenvalue weighted by Gasteiger charge is -2.12. The van der Waals surface area contributed by atoms with E-state index < -0.39 is 17.0 Å². The molecule has 0 aliphatic rings. The first-order valence-corrected chi connectivity index (χ1v) is 9.59. The maximum atomic E-state index is 12.2. The number of H-pyrrole nitrogens is 1. The quantitative estimate of drug-likeness (QED) is 0.504. The molecule has 0 radical (unpaired) electrons. The third-order valence-corrected chi connectivity index (χ3v) is 5.06. The summed E-state index contributed by atoms with van der Waals surface area (Å²) in [5.41, 5.74) is 9.17. The molecule has 136 valence electrons. The van der Waals surface area contributed by atoms with Gasteiger partial charge >= 0.3 is 0 Å². The van der Waals surface area contributed by atoms with E-state index >= 15 is 0 Å². The van der Waals surface area contributed by atoms with Gasteiger partial charge in [-0.25, -0.2) is 9.35 Å². The number of aromatic nitrogens is 1. The standard InChI is InChI=1S/C19H22N4O2S/c20-17(11-14-12-23-18-4-2-1-3-16(14)18)19(24)22-10-9-13-5-7-15(8-6-13)26(21)25/h1-8,12,17,23H,9-11,20-21H2,(H,22,24). The van der Waals surface area contributed by atoms with Crippen molar-refractivity contribution in [3.05, 3.63) is 65.9 Å². The molecule has 0 saturated heterocycles. The lowest BCUT2D eigenvalue weighted by Crippen LogP contribution is -2.42. The summed E-state index contributed by atoms with van der Waals surface area (Å²) >= 11 is 0. The Labute approximate surface area is 154 Å². The number of fused-ring (bicyclic) bond motifs is 1. The van der Waals surface area contributed by atoms with Crippen molar-refractivity contribution >= 4 is 27.8 Å². The molecule has 1 heterocycles. The fourth-order valence-corrected chi connectivity index (χ4v) is 3.29. The van der Waals surface area contributed by atoms with Gasteiger partial charge in [0.15, 0.2) is 0 Å². The van der Waals surface area contributed by atoms with Crippen molar-refractivity contribution in [2.75, 3.05) is 6.54 Å². The monoisotopic (exact) mass is 370 g/mol. The predicted molar refractivity (Wildman–Crippen MR) is 104 cm³/mol. The number of hydrogen-bond acceptors (Lipinski definition) is 3. The molecule has 6 nitrogen and oxygen atoms in total. The Kier molecular flexibility index (Phi) is 5.82. The topological polar surface area (TPSA) is 114 Å². The van der Waals surface area contributed by atoms with E-state index in [4.69, 9.17) is 10.9 Å². The van der Waals surface area contributed by atoms with Gasteiger partial charge in [-0.3, -0.25) is 4.79 Å². The van der Waals surface area contributed by atoms with Crippen molar-refractivity contribution < 1.29 is 9.00 Å². The second-order valence-electron chi connectivity index (χ2n) is 6.15. The smallest absolute Gasteiger partial charge is 0.237 e. The first-order chi connectivity index (χ1) is 12.5. The number of nitrogens with one attached hydrogen (secondary N) is 2. The number of rotatable bonds is 7. The molecule has 3 rings (SSSR count). The molecular formula is C19H22N4O2S. The van der Waals surface area contributed by atoms with Gasteiger partial charge in [-0.1, -0.05) is 30.3 Å². The molecular weight excluding hydrogens is 348 g/mol. The normalized spacial score (nSPS) is 13.5. The highest BCUT2D eigenvalue weighted by molar-refractivity contribution is 7.82. The molecule has 2 aromatic carbocycles. The highest BCUT2D eigenvalue weighted by Gasteiger charge is 2.15. The van der Waals surface area contributed by atoms with Crippen LogP contribution < -0.4 is 16.2 Å². The number of hydrogen-bond donors (Lipinski definition) is 4. The molecule has 1 amide bonds. The maximum Gasteiger partial charge on any atom is 0.237 e. The molecule has 3 aromatic rings. The summed E-state index contributed by atoms with van der Waals surface area (Å²) < 4.78 is 11.2. The van der Waals surface area contributed by atoms with E-state index in [1.165, 1.54) is 0 Å². The Morgan fingerprint density at radius 2 is 1.88 bits per heavy atom. The van der Waals surface area contributed by atoms with Crippen LogP contribution in [-0.2, 0) is 28.6 Å². The molecule has 7 heteroatoms. The zero-order valence-corrected chi connectivity index (χ0v) is 15.1. The van der Waals surface area contributed by atoms with Crippen molar-refractivity contribution in [3.63, 3.8) is 0 Å². The maximum absolute atomic E-state index is 12.2. The van der Waals surface area contributed by atoms with Gasteiger partial charge in [0.25, 0.3) is 0 Å². The van der Waals surface area contributed by atoms with Crippen molar-refractivity contribution in [2.24, 2.45) is 10.9 Å². The van der Waals surface area contributed by atoms with Crippen LogP contribution in [-0.4, -0.2) is 27.7 Å². The lowest BCUT2D eigenvalue weighted by molar-refractivity contribution is -0.122. The van der Waals surface area contributed by atoms with E-state index in [9.17, 15) is 9.00 Å². The van der Waals surface area contributed by atoms with Crippen molar-refractivity contribution in [1.29, 1.82) is 0 Å². The van der Waals surface area contributed by atoms with Crippen molar-refractivity contribution in [3.8, 4) is 0 Å². The molecule has 6 N–H and O–H groups in total. The van der Waals surface area contributed by atoms with E-state index in [1.807, 2.05) is 42.6 Å². The van der Waals surface area contributed by atoms with Gasteiger partial charge in [0.05, 0.1) is 10.9 Å². The molecule has 2 unspecified atom stereocenters. The summed E-state index contributed by atoms with van der Waals surface area (Å²) in [6.07, 6.45) is 3.05. The molecule has 0 aliphatic heterocycles. The summed E-state index contributed by atoms with van der Waals surface area (Å²) in [5, 5.41) is 9.29. The first-order valence-electron chi connectivity index (χ1n) is 8.38. The van der Waals surface area contributed by atoms with Crippen LogP contribution in [0.2, 0.25) is 0 Å². The molecule has 0 spiro atoms. The van der Waals surface area contributed by atoms with Crippen molar-refractivity contribution in [1.82, 2.24) is 10.3 Å². The summed E-state index contributed by atoms with van der Waals surface area (Å²) in [4.78, 5) is 16.0. The minimum absolute atomic E-state index is 0.171. The number of nitrogens with two attached hydrogens (primary N) is 2. The highest BCUT2D eigenvalue weighted by atomic mass is 32.2. The van der Waals surface area contributed by atoms with E-state index in [2.05, 4.69) is 10.3 Å². The number of carbonyl (C=O) groups is 1. The van der Waals surface area contributed by atoms with E-state index in [0.29, 0.717) is 24.3 Å². The van der Waals surface area contributed by atoms with E-state index in [0.717, 1.165) is 22.0 Å². The van der Waals surface area contributed by atoms with Crippen LogP contribution in [0.1, 0.15) is 11.1 Å². The van der Waals surface area contributed by atoms with Crippen LogP contribution in [0.5, 0.6) is 0 Å². The van der Waals surface area contributed by atoms with Crippen LogP contribution in [0.3, 0.4) is 0 Å². The number of aromatic amines is 1. The zero-order valence-electron chi connectivity index (χ0n) is 14.3. The Morgan fingerprint density at radius 3 is 2.62 bits per heavy atom. The van der Waals surface area contributed by atoms with E-state index in [-0.39, 0.29) is 5.91 Å².